The van der Waals surface area contributed by atoms with Gasteiger partial charge in [0.1, 0.15) is 0 Å². The van der Waals surface area contributed by atoms with Crippen molar-refractivity contribution >= 4 is 11.3 Å². The molecule has 1 aromatic heterocycles. The van der Waals surface area contributed by atoms with Crippen LogP contribution in [0.15, 0.2) is 17.5 Å². The number of hydrogen-bond acceptors (Lipinski definition) is 3. The van der Waals surface area contributed by atoms with E-state index in [1.165, 1.54) is 0 Å². The largest absolute Gasteiger partial charge is 0.384 e. The second-order valence-electron chi connectivity index (χ2n) is 4.34. The van der Waals surface area contributed by atoms with Gasteiger partial charge in [-0.1, -0.05) is 13.0 Å². The Balaban J connectivity index is 1.97. The summed E-state index contributed by atoms with van der Waals surface area (Å²) in [5, 5.41) is 16.0. The lowest BCUT2D eigenvalue weighted by Crippen LogP contribution is -2.39. The molecule has 3 heteroatoms. The van der Waals surface area contributed by atoms with E-state index in [9.17, 15) is 5.11 Å². The summed E-state index contributed by atoms with van der Waals surface area (Å²) in [5.74, 6) is 0. The van der Waals surface area contributed by atoms with E-state index < -0.39 is 5.60 Å². The van der Waals surface area contributed by atoms with E-state index in [0.717, 1.165) is 37.1 Å². The molecule has 0 saturated heterocycles. The number of aliphatic hydroxyl groups is 1. The number of rotatable bonds is 3. The highest BCUT2D eigenvalue weighted by Crippen LogP contribution is 2.39. The third-order valence-electron chi connectivity index (χ3n) is 3.29. The summed E-state index contributed by atoms with van der Waals surface area (Å²) in [6.07, 6.45) is 3.96. The van der Waals surface area contributed by atoms with Gasteiger partial charge in [-0.25, -0.2) is 0 Å². The fourth-order valence-electron chi connectivity index (χ4n) is 2.38. The van der Waals surface area contributed by atoms with Gasteiger partial charge in [0.2, 0.25) is 0 Å². The average molecular weight is 225 g/mol. The van der Waals surface area contributed by atoms with Gasteiger partial charge in [-0.15, -0.1) is 11.3 Å². The molecule has 0 aromatic carbocycles. The van der Waals surface area contributed by atoms with E-state index >= 15 is 0 Å². The maximum absolute atomic E-state index is 10.5. The Kier molecular flexibility index (Phi) is 3.44. The molecule has 0 spiro atoms. The summed E-state index contributed by atoms with van der Waals surface area (Å²) < 4.78 is 0. The van der Waals surface area contributed by atoms with Gasteiger partial charge < -0.3 is 10.4 Å². The van der Waals surface area contributed by atoms with Crippen molar-refractivity contribution < 1.29 is 5.11 Å². The smallest absolute Gasteiger partial charge is 0.0989 e. The molecule has 1 aliphatic rings. The third kappa shape index (κ3) is 2.41. The third-order valence-corrected chi connectivity index (χ3v) is 4.35. The summed E-state index contributed by atoms with van der Waals surface area (Å²) >= 11 is 1.67. The minimum absolute atomic E-state index is 0.542. The van der Waals surface area contributed by atoms with E-state index in [0.29, 0.717) is 6.04 Å². The van der Waals surface area contributed by atoms with E-state index in [1.807, 2.05) is 11.4 Å². The van der Waals surface area contributed by atoms with Crippen molar-refractivity contribution in [1.82, 2.24) is 5.32 Å². The first kappa shape index (κ1) is 11.1. The molecule has 0 bridgehead atoms. The Labute approximate surface area is 95.3 Å². The summed E-state index contributed by atoms with van der Waals surface area (Å²) in [4.78, 5) is 1.14. The van der Waals surface area contributed by atoms with Crippen LogP contribution in [0.4, 0.5) is 0 Å². The average Bonchev–Trinajstić information content (AvgIpc) is 2.76. The molecule has 2 nitrogen and oxygen atoms in total. The lowest BCUT2D eigenvalue weighted by atomic mass is 9.81. The summed E-state index contributed by atoms with van der Waals surface area (Å²) in [5.41, 5.74) is -0.542. The fourth-order valence-corrected chi connectivity index (χ4v) is 3.26. The molecule has 0 radical (unpaired) electrons. The van der Waals surface area contributed by atoms with Gasteiger partial charge in [-0.3, -0.25) is 0 Å². The molecule has 0 amide bonds. The number of hydrogen-bond donors (Lipinski definition) is 2. The highest BCUT2D eigenvalue weighted by atomic mass is 32.1. The van der Waals surface area contributed by atoms with Crippen LogP contribution in [0.3, 0.4) is 0 Å². The monoisotopic (exact) mass is 225 g/mol. The van der Waals surface area contributed by atoms with E-state index in [1.54, 1.807) is 11.3 Å². The molecule has 0 aliphatic heterocycles. The van der Waals surface area contributed by atoms with Crippen LogP contribution < -0.4 is 5.32 Å². The zero-order chi connectivity index (χ0) is 10.7. The van der Waals surface area contributed by atoms with Crippen LogP contribution in [0.1, 0.15) is 37.5 Å². The van der Waals surface area contributed by atoms with Crippen molar-refractivity contribution in [3.05, 3.63) is 22.4 Å². The highest BCUT2D eigenvalue weighted by Gasteiger charge is 2.35. The van der Waals surface area contributed by atoms with E-state index in [4.69, 9.17) is 0 Å². The van der Waals surface area contributed by atoms with Crippen LogP contribution in [0.5, 0.6) is 0 Å². The minimum atomic E-state index is -0.542. The predicted octanol–water partition coefficient (Wildman–Crippen LogP) is 2.49. The summed E-state index contributed by atoms with van der Waals surface area (Å²) in [7, 11) is 0. The van der Waals surface area contributed by atoms with Gasteiger partial charge in [0.25, 0.3) is 0 Å². The maximum atomic E-state index is 10.5. The molecule has 1 aliphatic carbocycles. The molecule has 15 heavy (non-hydrogen) atoms. The topological polar surface area (TPSA) is 32.3 Å². The van der Waals surface area contributed by atoms with Crippen LogP contribution >= 0.6 is 11.3 Å². The van der Waals surface area contributed by atoms with Gasteiger partial charge >= 0.3 is 0 Å². The zero-order valence-electron chi connectivity index (χ0n) is 9.20. The molecule has 1 saturated carbocycles. The molecule has 2 N–H and O–H groups in total. The van der Waals surface area contributed by atoms with Gasteiger partial charge in [0.05, 0.1) is 5.60 Å². The molecule has 1 fully saturated rings. The van der Waals surface area contributed by atoms with Crippen molar-refractivity contribution in [1.29, 1.82) is 0 Å². The van der Waals surface area contributed by atoms with Crippen molar-refractivity contribution in [3.63, 3.8) is 0 Å². The molecule has 84 valence electrons. The lowest BCUT2D eigenvalue weighted by molar-refractivity contribution is -0.00482. The van der Waals surface area contributed by atoms with Crippen LogP contribution in [-0.4, -0.2) is 17.7 Å². The van der Waals surface area contributed by atoms with Gasteiger partial charge in [0.15, 0.2) is 0 Å². The quantitative estimate of drug-likeness (QED) is 0.828. The Hall–Kier alpha value is -0.380. The second kappa shape index (κ2) is 4.64. The molecular weight excluding hydrogens is 206 g/mol. The first-order valence-corrected chi connectivity index (χ1v) is 6.62. The van der Waals surface area contributed by atoms with Gasteiger partial charge in [-0.2, -0.15) is 0 Å². The van der Waals surface area contributed by atoms with Crippen molar-refractivity contribution in [2.24, 2.45) is 0 Å². The molecule has 1 heterocycles. The molecule has 2 rings (SSSR count). The van der Waals surface area contributed by atoms with E-state index in [-0.39, 0.29) is 0 Å². The van der Waals surface area contributed by atoms with Gasteiger partial charge in [0, 0.05) is 10.9 Å². The van der Waals surface area contributed by atoms with Gasteiger partial charge in [-0.05, 0) is 43.7 Å². The maximum Gasteiger partial charge on any atom is 0.0989 e. The van der Waals surface area contributed by atoms with Crippen molar-refractivity contribution in [2.75, 3.05) is 6.54 Å². The van der Waals surface area contributed by atoms with Crippen LogP contribution in [0.2, 0.25) is 0 Å². The SMILES string of the molecule is CCNC1CCC(O)(c2cccs2)CC1. The fraction of sp³-hybridized carbons (Fsp3) is 0.667. The molecule has 0 atom stereocenters. The number of nitrogens with one attached hydrogen (secondary N) is 1. The van der Waals surface area contributed by atoms with Crippen molar-refractivity contribution in [3.8, 4) is 0 Å². The summed E-state index contributed by atoms with van der Waals surface area (Å²) in [6, 6.07) is 4.68. The van der Waals surface area contributed by atoms with E-state index in [2.05, 4.69) is 18.3 Å². The Morgan fingerprint density at radius 3 is 2.80 bits per heavy atom. The van der Waals surface area contributed by atoms with Crippen LogP contribution in [0.25, 0.3) is 0 Å². The predicted molar refractivity (Wildman–Crippen MR) is 64.1 cm³/mol. The zero-order valence-corrected chi connectivity index (χ0v) is 10.0. The number of thiophene rings is 1. The Morgan fingerprint density at radius 1 is 1.53 bits per heavy atom. The molecule has 1 aromatic rings. The normalized spacial score (nSPS) is 31.7. The molecular formula is C12H19NOS. The standard InChI is InChI=1S/C12H19NOS/c1-2-13-10-5-7-12(14,8-6-10)11-4-3-9-15-11/h3-4,9-10,13-14H,2,5-8H2,1H3. The first-order chi connectivity index (χ1) is 7.24. The Bertz CT molecular complexity index is 289. The van der Waals surface area contributed by atoms with Crippen molar-refractivity contribution in [2.45, 2.75) is 44.2 Å². The van der Waals surface area contributed by atoms with Crippen LogP contribution in [-0.2, 0) is 5.60 Å². The highest BCUT2D eigenvalue weighted by molar-refractivity contribution is 7.10. The first-order valence-electron chi connectivity index (χ1n) is 5.74. The minimum Gasteiger partial charge on any atom is -0.384 e. The second-order valence-corrected chi connectivity index (χ2v) is 5.29. The molecule has 0 unspecified atom stereocenters. The Morgan fingerprint density at radius 2 is 2.27 bits per heavy atom. The van der Waals surface area contributed by atoms with Crippen LogP contribution in [0, 0.1) is 0 Å². The summed E-state index contributed by atoms with van der Waals surface area (Å²) in [6.45, 7) is 3.17. The lowest BCUT2D eigenvalue weighted by Gasteiger charge is -2.35.